The summed E-state index contributed by atoms with van der Waals surface area (Å²) in [6.45, 7) is 0. The van der Waals surface area contributed by atoms with Crippen molar-refractivity contribution in [2.45, 2.75) is 38.5 Å². The summed E-state index contributed by atoms with van der Waals surface area (Å²) in [5, 5.41) is 9.39. The molecule has 3 nitrogen and oxygen atoms in total. The normalized spacial score (nSPS) is 16.9. The molecule has 0 radical (unpaired) electrons. The van der Waals surface area contributed by atoms with E-state index in [-0.39, 0.29) is 0 Å². The Labute approximate surface area is 101 Å². The molecule has 1 heterocycles. The predicted octanol–water partition coefficient (Wildman–Crippen LogP) is 3.39. The number of imidazole rings is 1. The van der Waals surface area contributed by atoms with E-state index in [1.54, 1.807) is 12.1 Å². The summed E-state index contributed by atoms with van der Waals surface area (Å²) in [7, 11) is 0. The zero-order valence-corrected chi connectivity index (χ0v) is 9.95. The fraction of sp³-hybridized carbons (Fsp3) is 0.500. The van der Waals surface area contributed by atoms with E-state index in [4.69, 9.17) is 0 Å². The molecule has 3 rings (SSSR count). The van der Waals surface area contributed by atoms with E-state index >= 15 is 0 Å². The van der Waals surface area contributed by atoms with E-state index in [0.717, 1.165) is 29.2 Å². The quantitative estimate of drug-likeness (QED) is 0.849. The first-order valence-corrected chi connectivity index (χ1v) is 6.49. The van der Waals surface area contributed by atoms with Crippen molar-refractivity contribution in [3.63, 3.8) is 0 Å². The lowest BCUT2D eigenvalue weighted by Crippen LogP contribution is -1.97. The topological polar surface area (TPSA) is 48.9 Å². The summed E-state index contributed by atoms with van der Waals surface area (Å²) in [5.41, 5.74) is 1.88. The molecule has 0 aliphatic heterocycles. The van der Waals surface area contributed by atoms with E-state index in [1.807, 2.05) is 6.07 Å². The second kappa shape index (κ2) is 4.40. The van der Waals surface area contributed by atoms with E-state index in [2.05, 4.69) is 9.97 Å². The van der Waals surface area contributed by atoms with Crippen LogP contribution in [-0.2, 0) is 6.42 Å². The van der Waals surface area contributed by atoms with Gasteiger partial charge in [0.15, 0.2) is 0 Å². The molecular weight excluding hydrogens is 212 g/mol. The number of nitrogens with zero attached hydrogens (tertiary/aromatic N) is 1. The van der Waals surface area contributed by atoms with Gasteiger partial charge in [-0.1, -0.05) is 25.7 Å². The van der Waals surface area contributed by atoms with Crippen molar-refractivity contribution in [3.05, 3.63) is 24.0 Å². The van der Waals surface area contributed by atoms with Crippen molar-refractivity contribution in [1.82, 2.24) is 9.97 Å². The van der Waals surface area contributed by atoms with Crippen LogP contribution in [0.2, 0.25) is 0 Å². The average molecular weight is 230 g/mol. The van der Waals surface area contributed by atoms with E-state index in [1.165, 1.54) is 32.1 Å². The number of phenolic OH excluding ortho intramolecular Hbond substituents is 1. The van der Waals surface area contributed by atoms with Crippen molar-refractivity contribution < 1.29 is 5.11 Å². The number of H-pyrrole nitrogens is 1. The molecule has 1 saturated carbocycles. The minimum absolute atomic E-state index is 0.295. The molecule has 3 heteroatoms. The third kappa shape index (κ3) is 2.28. The highest BCUT2D eigenvalue weighted by Crippen LogP contribution is 2.28. The van der Waals surface area contributed by atoms with Crippen molar-refractivity contribution in [2.75, 3.05) is 0 Å². The van der Waals surface area contributed by atoms with Gasteiger partial charge < -0.3 is 10.1 Å². The Morgan fingerprint density at radius 2 is 2.12 bits per heavy atom. The van der Waals surface area contributed by atoms with Gasteiger partial charge in [0, 0.05) is 12.5 Å². The van der Waals surface area contributed by atoms with Crippen LogP contribution in [0.25, 0.3) is 11.0 Å². The lowest BCUT2D eigenvalue weighted by atomic mass is 10.0. The van der Waals surface area contributed by atoms with Crippen LogP contribution in [0.3, 0.4) is 0 Å². The van der Waals surface area contributed by atoms with Crippen LogP contribution < -0.4 is 0 Å². The molecule has 1 aliphatic rings. The van der Waals surface area contributed by atoms with Crippen LogP contribution >= 0.6 is 0 Å². The third-order valence-electron chi connectivity index (χ3n) is 3.78. The lowest BCUT2D eigenvalue weighted by molar-refractivity contribution is 0.476. The van der Waals surface area contributed by atoms with Crippen LogP contribution in [0.5, 0.6) is 5.75 Å². The predicted molar refractivity (Wildman–Crippen MR) is 68.0 cm³/mol. The molecule has 1 aromatic heterocycles. The number of aromatic amines is 1. The zero-order chi connectivity index (χ0) is 11.7. The van der Waals surface area contributed by atoms with Crippen molar-refractivity contribution in [2.24, 2.45) is 5.92 Å². The summed E-state index contributed by atoms with van der Waals surface area (Å²) in [5.74, 6) is 2.25. The molecule has 0 amide bonds. The maximum absolute atomic E-state index is 9.39. The Balaban J connectivity index is 1.72. The highest BCUT2D eigenvalue weighted by molar-refractivity contribution is 5.76. The molecule has 1 fully saturated rings. The molecular formula is C14H18N2O. The Kier molecular flexibility index (Phi) is 2.75. The van der Waals surface area contributed by atoms with Crippen molar-refractivity contribution in [1.29, 1.82) is 0 Å². The van der Waals surface area contributed by atoms with Gasteiger partial charge in [-0.15, -0.1) is 0 Å². The maximum Gasteiger partial charge on any atom is 0.117 e. The molecule has 0 atom stereocenters. The van der Waals surface area contributed by atoms with Gasteiger partial charge in [-0.25, -0.2) is 4.98 Å². The van der Waals surface area contributed by atoms with Gasteiger partial charge in [-0.05, 0) is 24.5 Å². The fourth-order valence-electron chi connectivity index (χ4n) is 2.81. The fourth-order valence-corrected chi connectivity index (χ4v) is 2.81. The minimum atomic E-state index is 0.295. The van der Waals surface area contributed by atoms with Gasteiger partial charge in [0.05, 0.1) is 11.0 Å². The van der Waals surface area contributed by atoms with Crippen LogP contribution in [0.1, 0.15) is 37.9 Å². The van der Waals surface area contributed by atoms with Crippen LogP contribution in [0, 0.1) is 5.92 Å². The van der Waals surface area contributed by atoms with Crippen molar-refractivity contribution in [3.8, 4) is 5.75 Å². The molecule has 0 spiro atoms. The van der Waals surface area contributed by atoms with Gasteiger partial charge in [-0.3, -0.25) is 0 Å². The number of phenols is 1. The Bertz CT molecular complexity index is 512. The van der Waals surface area contributed by atoms with Crippen molar-refractivity contribution >= 4 is 11.0 Å². The first kappa shape index (κ1) is 10.6. The van der Waals surface area contributed by atoms with E-state index in [9.17, 15) is 5.11 Å². The maximum atomic E-state index is 9.39. The number of aromatic hydroxyl groups is 1. The highest BCUT2D eigenvalue weighted by Gasteiger charge is 2.15. The second-order valence-electron chi connectivity index (χ2n) is 5.07. The van der Waals surface area contributed by atoms with Gasteiger partial charge in [0.1, 0.15) is 11.6 Å². The molecule has 1 aliphatic carbocycles. The zero-order valence-electron chi connectivity index (χ0n) is 9.95. The number of nitrogens with one attached hydrogen (secondary N) is 1. The molecule has 0 unspecified atom stereocenters. The van der Waals surface area contributed by atoms with Crippen LogP contribution in [0.4, 0.5) is 0 Å². The highest BCUT2D eigenvalue weighted by atomic mass is 16.3. The average Bonchev–Trinajstić information content (AvgIpc) is 2.94. The van der Waals surface area contributed by atoms with E-state index in [0.29, 0.717) is 5.75 Å². The number of aromatic nitrogens is 2. The summed E-state index contributed by atoms with van der Waals surface area (Å²) < 4.78 is 0. The minimum Gasteiger partial charge on any atom is -0.508 e. The van der Waals surface area contributed by atoms with Gasteiger partial charge >= 0.3 is 0 Å². The Morgan fingerprint density at radius 3 is 2.94 bits per heavy atom. The summed E-state index contributed by atoms with van der Waals surface area (Å²) >= 11 is 0. The number of hydrogen-bond donors (Lipinski definition) is 2. The number of benzene rings is 1. The number of rotatable bonds is 3. The smallest absolute Gasteiger partial charge is 0.117 e. The van der Waals surface area contributed by atoms with Gasteiger partial charge in [0.25, 0.3) is 0 Å². The van der Waals surface area contributed by atoms with Crippen LogP contribution in [0.15, 0.2) is 18.2 Å². The summed E-state index contributed by atoms with van der Waals surface area (Å²) in [4.78, 5) is 7.84. The van der Waals surface area contributed by atoms with E-state index < -0.39 is 0 Å². The monoisotopic (exact) mass is 230 g/mol. The molecule has 90 valence electrons. The number of hydrogen-bond acceptors (Lipinski definition) is 2. The van der Waals surface area contributed by atoms with Gasteiger partial charge in [-0.2, -0.15) is 0 Å². The lowest BCUT2D eigenvalue weighted by Gasteiger charge is -2.05. The number of fused-ring (bicyclic) bond motifs is 1. The summed E-state index contributed by atoms with van der Waals surface area (Å²) in [6.07, 6.45) is 7.85. The number of aryl methyl sites for hydroxylation is 1. The molecule has 2 N–H and O–H groups in total. The standard InChI is InChI=1S/C14H18N2O/c17-11-6-7-12-13(9-11)16-14(15-12)8-5-10-3-1-2-4-10/h6-7,9-10,17H,1-5,8H2,(H,15,16). The van der Waals surface area contributed by atoms with Gasteiger partial charge in [0.2, 0.25) is 0 Å². The Morgan fingerprint density at radius 1 is 1.29 bits per heavy atom. The molecule has 17 heavy (non-hydrogen) atoms. The first-order valence-electron chi connectivity index (χ1n) is 6.49. The largest absolute Gasteiger partial charge is 0.508 e. The molecule has 2 aromatic rings. The van der Waals surface area contributed by atoms with Crippen LogP contribution in [-0.4, -0.2) is 15.1 Å². The SMILES string of the molecule is Oc1ccc2nc(CCC3CCCC3)[nH]c2c1. The molecule has 0 bridgehead atoms. The Hall–Kier alpha value is -1.51. The second-order valence-corrected chi connectivity index (χ2v) is 5.07. The first-order chi connectivity index (χ1) is 8.31. The summed E-state index contributed by atoms with van der Waals surface area (Å²) in [6, 6.07) is 5.28. The molecule has 0 saturated heterocycles. The molecule has 1 aromatic carbocycles. The third-order valence-corrected chi connectivity index (χ3v) is 3.78.